The summed E-state index contributed by atoms with van der Waals surface area (Å²) in [5, 5.41) is 0.856. The lowest BCUT2D eigenvalue weighted by molar-refractivity contribution is 0.0622. The molecular weight excluding hydrogens is 430 g/mol. The highest BCUT2D eigenvalue weighted by Gasteiger charge is 2.25. The Kier molecular flexibility index (Phi) is 6.18. The number of carbonyl (C=O) groups excluding carboxylic acids is 1. The fourth-order valence-corrected chi connectivity index (χ4v) is 4.40. The third-order valence-electron chi connectivity index (χ3n) is 6.24. The number of methoxy groups -OCH3 is 2. The van der Waals surface area contributed by atoms with Crippen LogP contribution in [-0.4, -0.2) is 61.1 Å². The highest BCUT2D eigenvalue weighted by molar-refractivity contribution is 6.07. The summed E-state index contributed by atoms with van der Waals surface area (Å²) in [7, 11) is 3.22. The number of aromatic nitrogens is 1. The molecule has 0 bridgehead atoms. The standard InChI is InChI=1S/C27H27N3O4/c1-32-25-10-9-19(16-26(25)33-2)24-17-22(21-7-3-4-8-23(21)28-24)27(31)30-13-11-29(12-14-30)18-20-6-5-15-34-20/h3-10,15-17H,11-14,18H2,1-2H3. The van der Waals surface area contributed by atoms with Gasteiger partial charge in [-0.05, 0) is 42.5 Å². The second-order valence-corrected chi connectivity index (χ2v) is 8.29. The lowest BCUT2D eigenvalue weighted by Gasteiger charge is -2.34. The van der Waals surface area contributed by atoms with Crippen molar-refractivity contribution in [3.05, 3.63) is 78.3 Å². The third kappa shape index (κ3) is 4.34. The number of rotatable bonds is 6. The molecule has 5 rings (SSSR count). The average Bonchev–Trinajstić information content (AvgIpc) is 3.40. The van der Waals surface area contributed by atoms with E-state index in [1.165, 1.54) is 0 Å². The Labute approximate surface area is 198 Å². The Hall–Kier alpha value is -3.84. The molecule has 7 nitrogen and oxygen atoms in total. The van der Waals surface area contributed by atoms with Gasteiger partial charge in [-0.1, -0.05) is 18.2 Å². The Balaban J connectivity index is 1.43. The molecule has 2 aromatic carbocycles. The van der Waals surface area contributed by atoms with E-state index in [1.54, 1.807) is 20.5 Å². The summed E-state index contributed by atoms with van der Waals surface area (Å²) in [6.45, 7) is 3.70. The Bertz CT molecular complexity index is 1290. The molecule has 1 aliphatic rings. The number of para-hydroxylation sites is 1. The molecule has 1 saturated heterocycles. The summed E-state index contributed by atoms with van der Waals surface area (Å²) in [6, 6.07) is 19.2. The third-order valence-corrected chi connectivity index (χ3v) is 6.24. The first kappa shape index (κ1) is 22.0. The van der Waals surface area contributed by atoms with Crippen LogP contribution in [0, 0.1) is 0 Å². The number of hydrogen-bond acceptors (Lipinski definition) is 6. The summed E-state index contributed by atoms with van der Waals surface area (Å²) in [5.74, 6) is 2.24. The predicted octanol–water partition coefficient (Wildman–Crippen LogP) is 4.47. The van der Waals surface area contributed by atoms with Crippen LogP contribution in [-0.2, 0) is 6.54 Å². The van der Waals surface area contributed by atoms with Crippen molar-refractivity contribution in [2.45, 2.75) is 6.54 Å². The van der Waals surface area contributed by atoms with E-state index in [1.807, 2.05) is 65.6 Å². The summed E-state index contributed by atoms with van der Waals surface area (Å²) in [4.78, 5) is 22.7. The summed E-state index contributed by atoms with van der Waals surface area (Å²) < 4.78 is 16.3. The fourth-order valence-electron chi connectivity index (χ4n) is 4.40. The quantitative estimate of drug-likeness (QED) is 0.426. The number of piperazine rings is 1. The maximum absolute atomic E-state index is 13.7. The Morgan fingerprint density at radius 2 is 1.74 bits per heavy atom. The molecule has 1 aliphatic heterocycles. The van der Waals surface area contributed by atoms with E-state index in [0.717, 1.165) is 47.6 Å². The lowest BCUT2D eigenvalue weighted by atomic mass is 10.0. The van der Waals surface area contributed by atoms with Gasteiger partial charge in [0.1, 0.15) is 5.76 Å². The normalized spacial score (nSPS) is 14.4. The number of nitrogens with zero attached hydrogens (tertiary/aromatic N) is 3. The van der Waals surface area contributed by atoms with Gasteiger partial charge < -0.3 is 18.8 Å². The van der Waals surface area contributed by atoms with Crippen molar-refractivity contribution < 1.29 is 18.7 Å². The van der Waals surface area contributed by atoms with Crippen molar-refractivity contribution >= 4 is 16.8 Å². The number of pyridine rings is 1. The van der Waals surface area contributed by atoms with E-state index in [4.69, 9.17) is 18.9 Å². The zero-order chi connectivity index (χ0) is 23.5. The molecule has 4 aromatic rings. The van der Waals surface area contributed by atoms with Gasteiger partial charge in [0.2, 0.25) is 0 Å². The molecular formula is C27H27N3O4. The van der Waals surface area contributed by atoms with E-state index in [2.05, 4.69) is 4.90 Å². The number of furan rings is 1. The molecule has 1 fully saturated rings. The van der Waals surface area contributed by atoms with Crippen LogP contribution in [0.3, 0.4) is 0 Å². The average molecular weight is 458 g/mol. The van der Waals surface area contributed by atoms with Crippen LogP contribution in [0.25, 0.3) is 22.2 Å². The molecule has 2 aromatic heterocycles. The minimum atomic E-state index is 0.0259. The van der Waals surface area contributed by atoms with Gasteiger partial charge in [-0.3, -0.25) is 9.69 Å². The zero-order valence-electron chi connectivity index (χ0n) is 19.4. The van der Waals surface area contributed by atoms with E-state index in [-0.39, 0.29) is 5.91 Å². The first-order chi connectivity index (χ1) is 16.7. The summed E-state index contributed by atoms with van der Waals surface area (Å²) in [5.41, 5.74) is 3.03. The smallest absolute Gasteiger partial charge is 0.254 e. The monoisotopic (exact) mass is 457 g/mol. The molecule has 0 aliphatic carbocycles. The van der Waals surface area contributed by atoms with Gasteiger partial charge in [0.15, 0.2) is 11.5 Å². The molecule has 0 spiro atoms. The molecule has 0 radical (unpaired) electrons. The molecule has 7 heteroatoms. The maximum Gasteiger partial charge on any atom is 0.254 e. The molecule has 34 heavy (non-hydrogen) atoms. The van der Waals surface area contributed by atoms with Crippen LogP contribution < -0.4 is 9.47 Å². The maximum atomic E-state index is 13.7. The molecule has 174 valence electrons. The van der Waals surface area contributed by atoms with Gasteiger partial charge in [-0.2, -0.15) is 0 Å². The number of benzene rings is 2. The van der Waals surface area contributed by atoms with E-state index in [0.29, 0.717) is 30.2 Å². The number of carbonyl (C=O) groups is 1. The highest BCUT2D eigenvalue weighted by Crippen LogP contribution is 2.33. The molecule has 0 saturated carbocycles. The van der Waals surface area contributed by atoms with Gasteiger partial charge in [0.25, 0.3) is 5.91 Å². The first-order valence-electron chi connectivity index (χ1n) is 11.3. The highest BCUT2D eigenvalue weighted by atomic mass is 16.5. The van der Waals surface area contributed by atoms with Crippen molar-refractivity contribution in [3.63, 3.8) is 0 Å². The van der Waals surface area contributed by atoms with Crippen molar-refractivity contribution in [3.8, 4) is 22.8 Å². The van der Waals surface area contributed by atoms with Crippen molar-refractivity contribution in [2.75, 3.05) is 40.4 Å². The van der Waals surface area contributed by atoms with E-state index >= 15 is 0 Å². The number of fused-ring (bicyclic) bond motifs is 1. The molecule has 3 heterocycles. The second-order valence-electron chi connectivity index (χ2n) is 8.29. The van der Waals surface area contributed by atoms with Gasteiger partial charge in [0, 0.05) is 37.1 Å². The summed E-state index contributed by atoms with van der Waals surface area (Å²) in [6.07, 6.45) is 1.69. The minimum Gasteiger partial charge on any atom is -0.493 e. The number of hydrogen-bond donors (Lipinski definition) is 0. The van der Waals surface area contributed by atoms with Crippen LogP contribution >= 0.6 is 0 Å². The van der Waals surface area contributed by atoms with Crippen molar-refractivity contribution in [1.29, 1.82) is 0 Å². The van der Waals surface area contributed by atoms with Crippen molar-refractivity contribution in [1.82, 2.24) is 14.8 Å². The topological polar surface area (TPSA) is 68.0 Å². The van der Waals surface area contributed by atoms with E-state index in [9.17, 15) is 4.79 Å². The SMILES string of the molecule is COc1ccc(-c2cc(C(=O)N3CCN(Cc4ccco4)CC3)c3ccccc3n2)cc1OC. The first-order valence-corrected chi connectivity index (χ1v) is 11.3. The van der Waals surface area contributed by atoms with Crippen LogP contribution in [0.2, 0.25) is 0 Å². The fraction of sp³-hybridized carbons (Fsp3) is 0.259. The molecule has 0 unspecified atom stereocenters. The molecule has 0 N–H and O–H groups in total. The minimum absolute atomic E-state index is 0.0259. The van der Waals surface area contributed by atoms with Gasteiger partial charge in [-0.25, -0.2) is 4.98 Å². The molecule has 1 amide bonds. The second kappa shape index (κ2) is 9.57. The predicted molar refractivity (Wildman–Crippen MR) is 130 cm³/mol. The Morgan fingerprint density at radius 1 is 0.941 bits per heavy atom. The number of amides is 1. The molecule has 0 atom stereocenters. The van der Waals surface area contributed by atoms with Crippen LogP contribution in [0.4, 0.5) is 0 Å². The van der Waals surface area contributed by atoms with Gasteiger partial charge in [0.05, 0.1) is 43.8 Å². The lowest BCUT2D eigenvalue weighted by Crippen LogP contribution is -2.48. The zero-order valence-corrected chi connectivity index (χ0v) is 19.4. The largest absolute Gasteiger partial charge is 0.493 e. The van der Waals surface area contributed by atoms with Crippen LogP contribution in [0.15, 0.2) is 71.3 Å². The van der Waals surface area contributed by atoms with E-state index < -0.39 is 0 Å². The summed E-state index contributed by atoms with van der Waals surface area (Å²) >= 11 is 0. The Morgan fingerprint density at radius 3 is 2.47 bits per heavy atom. The van der Waals surface area contributed by atoms with Crippen LogP contribution in [0.5, 0.6) is 11.5 Å². The number of ether oxygens (including phenoxy) is 2. The van der Waals surface area contributed by atoms with Gasteiger partial charge >= 0.3 is 0 Å². The van der Waals surface area contributed by atoms with Crippen LogP contribution in [0.1, 0.15) is 16.1 Å². The van der Waals surface area contributed by atoms with Crippen molar-refractivity contribution in [2.24, 2.45) is 0 Å². The van der Waals surface area contributed by atoms with Gasteiger partial charge in [-0.15, -0.1) is 0 Å².